The Morgan fingerprint density at radius 2 is 1.85 bits per heavy atom. The highest BCUT2D eigenvalue weighted by atomic mass is 32.1. The van der Waals surface area contributed by atoms with E-state index in [1.54, 1.807) is 0 Å². The van der Waals surface area contributed by atoms with E-state index in [1.165, 1.54) is 33.8 Å². The van der Waals surface area contributed by atoms with Crippen molar-refractivity contribution in [3.63, 3.8) is 0 Å². The highest BCUT2D eigenvalue weighted by Gasteiger charge is 2.25. The predicted octanol–water partition coefficient (Wildman–Crippen LogP) is 4.98. The number of hydrogen-bond acceptors (Lipinski definition) is 2. The fourth-order valence-corrected chi connectivity index (χ4v) is 5.23. The molecule has 2 amide bonds. The summed E-state index contributed by atoms with van der Waals surface area (Å²) in [6.45, 7) is 2.62. The van der Waals surface area contributed by atoms with Crippen molar-refractivity contribution in [2.24, 2.45) is 0 Å². The summed E-state index contributed by atoms with van der Waals surface area (Å²) in [6.07, 6.45) is 8.93. The quantitative estimate of drug-likeness (QED) is 0.645. The Morgan fingerprint density at radius 3 is 2.63 bits per heavy atom. The molecule has 2 heterocycles. The Labute approximate surface area is 164 Å². The van der Waals surface area contributed by atoms with Crippen LogP contribution in [0.2, 0.25) is 0 Å². The fourth-order valence-electron chi connectivity index (χ4n) is 3.78. The van der Waals surface area contributed by atoms with Crippen molar-refractivity contribution in [3.05, 3.63) is 76.4 Å². The molecule has 0 saturated carbocycles. The maximum absolute atomic E-state index is 12.5. The Bertz CT molecular complexity index is 899. The highest BCUT2D eigenvalue weighted by Crippen LogP contribution is 2.40. The van der Waals surface area contributed by atoms with Crippen LogP contribution in [0.1, 0.15) is 47.4 Å². The van der Waals surface area contributed by atoms with Gasteiger partial charge in [0.05, 0.1) is 6.04 Å². The largest absolute Gasteiger partial charge is 0.334 e. The van der Waals surface area contributed by atoms with E-state index in [0.717, 1.165) is 18.4 Å². The minimum atomic E-state index is -0.124. The second kappa shape index (κ2) is 8.01. The summed E-state index contributed by atoms with van der Waals surface area (Å²) in [7, 11) is 0. The number of aromatic nitrogens is 1. The van der Waals surface area contributed by atoms with Crippen LogP contribution < -0.4 is 10.6 Å². The molecule has 27 heavy (non-hydrogen) atoms. The van der Waals surface area contributed by atoms with Crippen molar-refractivity contribution < 1.29 is 4.79 Å². The number of thiophene rings is 1. The van der Waals surface area contributed by atoms with E-state index in [9.17, 15) is 4.79 Å². The molecule has 1 aliphatic rings. The van der Waals surface area contributed by atoms with Crippen LogP contribution in [0.15, 0.2) is 54.9 Å². The first-order chi connectivity index (χ1) is 13.2. The van der Waals surface area contributed by atoms with Crippen molar-refractivity contribution in [2.45, 2.75) is 45.2 Å². The van der Waals surface area contributed by atoms with Crippen LogP contribution in [0.3, 0.4) is 0 Å². The highest BCUT2D eigenvalue weighted by molar-refractivity contribution is 7.15. The van der Waals surface area contributed by atoms with Gasteiger partial charge in [0, 0.05) is 29.4 Å². The topological polar surface area (TPSA) is 46.1 Å². The van der Waals surface area contributed by atoms with Gasteiger partial charge in [-0.3, -0.25) is 0 Å². The van der Waals surface area contributed by atoms with Gasteiger partial charge in [0.2, 0.25) is 0 Å². The van der Waals surface area contributed by atoms with E-state index >= 15 is 0 Å². The zero-order valence-electron chi connectivity index (χ0n) is 15.6. The van der Waals surface area contributed by atoms with Crippen LogP contribution in [0.4, 0.5) is 4.79 Å². The number of aryl methyl sites for hydroxylation is 1. The molecule has 2 N–H and O–H groups in total. The van der Waals surface area contributed by atoms with Gasteiger partial charge < -0.3 is 15.2 Å². The normalized spacial score (nSPS) is 14.4. The molecule has 0 saturated heterocycles. The number of nitrogens with zero attached hydrogens (tertiary/aromatic N) is 1. The standard InChI is InChI=1S/C22H25N3OS/c1-16(24-22(26)23-15-17-9-3-2-4-10-17)20-18-11-5-6-12-19(18)27-21(20)25-13-7-8-14-25/h2-4,7-10,13-14,16H,5-6,11-12,15H2,1H3,(H2,23,24,26)/t16-/m0/s1. The molecule has 4 rings (SSSR count). The Kier molecular flexibility index (Phi) is 5.30. The van der Waals surface area contributed by atoms with E-state index in [4.69, 9.17) is 0 Å². The third kappa shape index (κ3) is 3.93. The predicted molar refractivity (Wildman–Crippen MR) is 111 cm³/mol. The number of nitrogens with one attached hydrogen (secondary N) is 2. The van der Waals surface area contributed by atoms with Gasteiger partial charge in [-0.25, -0.2) is 4.79 Å². The van der Waals surface area contributed by atoms with Gasteiger partial charge in [-0.05, 0) is 55.9 Å². The zero-order chi connectivity index (χ0) is 18.6. The molecule has 0 bridgehead atoms. The molecule has 5 heteroatoms. The molecule has 140 valence electrons. The van der Waals surface area contributed by atoms with Crippen LogP contribution in [-0.2, 0) is 19.4 Å². The summed E-state index contributed by atoms with van der Waals surface area (Å²) in [4.78, 5) is 13.9. The lowest BCUT2D eigenvalue weighted by Gasteiger charge is -2.20. The third-order valence-electron chi connectivity index (χ3n) is 5.11. The van der Waals surface area contributed by atoms with Crippen molar-refractivity contribution in [1.82, 2.24) is 15.2 Å². The number of benzene rings is 1. The molecule has 3 aromatic rings. The van der Waals surface area contributed by atoms with Gasteiger partial charge >= 0.3 is 6.03 Å². The smallest absolute Gasteiger partial charge is 0.315 e. The van der Waals surface area contributed by atoms with Crippen LogP contribution in [0.25, 0.3) is 5.00 Å². The minimum Gasteiger partial charge on any atom is -0.334 e. The van der Waals surface area contributed by atoms with Gasteiger partial charge in [0.15, 0.2) is 0 Å². The summed E-state index contributed by atoms with van der Waals surface area (Å²) in [5.41, 5.74) is 3.83. The van der Waals surface area contributed by atoms with Gasteiger partial charge in [0.25, 0.3) is 0 Å². The first-order valence-corrected chi connectivity index (χ1v) is 10.4. The number of urea groups is 1. The molecular weight excluding hydrogens is 354 g/mol. The maximum atomic E-state index is 12.5. The minimum absolute atomic E-state index is 0.0312. The van der Waals surface area contributed by atoms with E-state index in [2.05, 4.69) is 34.5 Å². The third-order valence-corrected chi connectivity index (χ3v) is 6.43. The SMILES string of the molecule is C[C@H](NC(=O)NCc1ccccc1)c1c(-n2cccc2)sc2c1CCCC2. The van der Waals surface area contributed by atoms with Crippen molar-refractivity contribution in [3.8, 4) is 5.00 Å². The molecule has 2 aromatic heterocycles. The molecule has 1 aromatic carbocycles. The number of rotatable bonds is 5. The first kappa shape index (κ1) is 17.9. The lowest BCUT2D eigenvalue weighted by Crippen LogP contribution is -2.37. The van der Waals surface area contributed by atoms with Crippen molar-refractivity contribution >= 4 is 17.4 Å². The summed E-state index contributed by atoms with van der Waals surface area (Å²) in [5.74, 6) is 0. The lowest BCUT2D eigenvalue weighted by molar-refractivity contribution is 0.237. The average molecular weight is 380 g/mol. The van der Waals surface area contributed by atoms with Crippen molar-refractivity contribution in [2.75, 3.05) is 0 Å². The molecule has 0 aliphatic heterocycles. The van der Waals surface area contributed by atoms with Gasteiger partial charge in [-0.1, -0.05) is 30.3 Å². The molecular formula is C22H25N3OS. The second-order valence-corrected chi connectivity index (χ2v) is 8.14. The van der Waals surface area contributed by atoms with E-state index < -0.39 is 0 Å². The zero-order valence-corrected chi connectivity index (χ0v) is 16.4. The number of carbonyl (C=O) groups excluding carboxylic acids is 1. The Morgan fingerprint density at radius 1 is 1.11 bits per heavy atom. The molecule has 1 atom stereocenters. The number of fused-ring (bicyclic) bond motifs is 1. The molecule has 4 nitrogen and oxygen atoms in total. The number of hydrogen-bond donors (Lipinski definition) is 2. The van der Waals surface area contributed by atoms with Gasteiger partial charge in [-0.15, -0.1) is 11.3 Å². The van der Waals surface area contributed by atoms with E-state index in [1.807, 2.05) is 53.8 Å². The van der Waals surface area contributed by atoms with E-state index in [-0.39, 0.29) is 12.1 Å². The Balaban J connectivity index is 1.51. The van der Waals surface area contributed by atoms with Crippen LogP contribution >= 0.6 is 11.3 Å². The molecule has 0 radical (unpaired) electrons. The monoisotopic (exact) mass is 379 g/mol. The Hall–Kier alpha value is -2.53. The summed E-state index contributed by atoms with van der Waals surface area (Å²) >= 11 is 1.88. The summed E-state index contributed by atoms with van der Waals surface area (Å²) < 4.78 is 2.18. The number of carbonyl (C=O) groups is 1. The van der Waals surface area contributed by atoms with Crippen LogP contribution in [-0.4, -0.2) is 10.6 Å². The molecule has 0 spiro atoms. The van der Waals surface area contributed by atoms with Crippen LogP contribution in [0, 0.1) is 0 Å². The van der Waals surface area contributed by atoms with Gasteiger partial charge in [0.1, 0.15) is 5.00 Å². The molecule has 1 aliphatic carbocycles. The number of amides is 2. The lowest BCUT2D eigenvalue weighted by atomic mass is 9.93. The van der Waals surface area contributed by atoms with Gasteiger partial charge in [-0.2, -0.15) is 0 Å². The first-order valence-electron chi connectivity index (χ1n) is 9.58. The molecule has 0 unspecified atom stereocenters. The second-order valence-electron chi connectivity index (χ2n) is 7.05. The average Bonchev–Trinajstić information content (AvgIpc) is 3.34. The maximum Gasteiger partial charge on any atom is 0.315 e. The summed E-state index contributed by atoms with van der Waals surface area (Å²) in [5, 5.41) is 7.36. The summed E-state index contributed by atoms with van der Waals surface area (Å²) in [6, 6.07) is 13.9. The molecule has 0 fully saturated rings. The fraction of sp³-hybridized carbons (Fsp3) is 0.318. The van der Waals surface area contributed by atoms with E-state index in [0.29, 0.717) is 6.54 Å². The van der Waals surface area contributed by atoms with Crippen LogP contribution in [0.5, 0.6) is 0 Å². The van der Waals surface area contributed by atoms with Crippen molar-refractivity contribution in [1.29, 1.82) is 0 Å².